The molecule has 3 heteroatoms. The molecule has 1 fully saturated rings. The Morgan fingerprint density at radius 2 is 2.25 bits per heavy atom. The van der Waals surface area contributed by atoms with Crippen molar-refractivity contribution in [2.24, 2.45) is 0 Å². The molecule has 0 saturated carbocycles. The zero-order chi connectivity index (χ0) is 11.0. The van der Waals surface area contributed by atoms with E-state index in [4.69, 9.17) is 11.6 Å². The van der Waals surface area contributed by atoms with Crippen molar-refractivity contribution in [1.82, 2.24) is 10.3 Å². The molecule has 2 nitrogen and oxygen atoms in total. The van der Waals surface area contributed by atoms with E-state index in [1.807, 2.05) is 12.1 Å². The molecule has 1 aromatic carbocycles. The molecule has 84 valence electrons. The smallest absolute Gasteiger partial charge is 0.0647 e. The van der Waals surface area contributed by atoms with Crippen molar-refractivity contribution in [1.29, 1.82) is 0 Å². The second-order valence-electron chi connectivity index (χ2n) is 4.45. The van der Waals surface area contributed by atoms with Crippen LogP contribution in [0.2, 0.25) is 5.02 Å². The highest BCUT2D eigenvalue weighted by atomic mass is 35.5. The summed E-state index contributed by atoms with van der Waals surface area (Å²) in [5.41, 5.74) is 2.48. The molecule has 0 aliphatic carbocycles. The van der Waals surface area contributed by atoms with Crippen LogP contribution in [0.5, 0.6) is 0 Å². The fourth-order valence-corrected chi connectivity index (χ4v) is 2.82. The van der Waals surface area contributed by atoms with Gasteiger partial charge < -0.3 is 10.3 Å². The third kappa shape index (κ3) is 1.62. The van der Waals surface area contributed by atoms with Gasteiger partial charge >= 0.3 is 0 Å². The first-order valence-corrected chi connectivity index (χ1v) is 6.20. The van der Waals surface area contributed by atoms with Gasteiger partial charge in [0, 0.05) is 18.1 Å². The molecule has 0 spiro atoms. The standard InChI is InChI=1S/C13H15ClN2/c14-12-5-1-4-10-11(8-16-13(10)12)9-3-2-6-15-7-9/h1,4-5,8-9,15-16H,2-3,6-7H2. The van der Waals surface area contributed by atoms with Crippen LogP contribution in [-0.2, 0) is 0 Å². The second kappa shape index (κ2) is 4.11. The zero-order valence-corrected chi connectivity index (χ0v) is 9.85. The minimum Gasteiger partial charge on any atom is -0.360 e. The maximum atomic E-state index is 6.16. The average molecular weight is 235 g/mol. The molecular weight excluding hydrogens is 220 g/mol. The molecule has 0 amide bonds. The van der Waals surface area contributed by atoms with Crippen molar-refractivity contribution in [3.8, 4) is 0 Å². The molecule has 2 heterocycles. The molecule has 1 unspecified atom stereocenters. The molecule has 16 heavy (non-hydrogen) atoms. The van der Waals surface area contributed by atoms with Crippen LogP contribution < -0.4 is 5.32 Å². The van der Waals surface area contributed by atoms with Crippen LogP contribution in [0.1, 0.15) is 24.3 Å². The second-order valence-corrected chi connectivity index (χ2v) is 4.86. The number of benzene rings is 1. The Labute approximate surface area is 100.0 Å². The normalized spacial score (nSPS) is 21.4. The lowest BCUT2D eigenvalue weighted by Gasteiger charge is -2.22. The van der Waals surface area contributed by atoms with Crippen molar-refractivity contribution in [2.75, 3.05) is 13.1 Å². The summed E-state index contributed by atoms with van der Waals surface area (Å²) in [6, 6.07) is 6.11. The number of H-pyrrole nitrogens is 1. The molecule has 2 N–H and O–H groups in total. The van der Waals surface area contributed by atoms with Crippen LogP contribution >= 0.6 is 11.6 Å². The monoisotopic (exact) mass is 234 g/mol. The van der Waals surface area contributed by atoms with Gasteiger partial charge in [-0.3, -0.25) is 0 Å². The molecule has 1 saturated heterocycles. The predicted octanol–water partition coefficient (Wildman–Crippen LogP) is 3.29. The van der Waals surface area contributed by atoms with E-state index >= 15 is 0 Å². The summed E-state index contributed by atoms with van der Waals surface area (Å²) in [6.07, 6.45) is 4.65. The first-order chi connectivity index (χ1) is 7.86. The van der Waals surface area contributed by atoms with Gasteiger partial charge in [0.15, 0.2) is 0 Å². The number of hydrogen-bond donors (Lipinski definition) is 2. The molecule has 1 aliphatic rings. The van der Waals surface area contributed by atoms with Crippen LogP contribution in [0.25, 0.3) is 10.9 Å². The Kier molecular flexibility index (Phi) is 2.62. The highest BCUT2D eigenvalue weighted by Gasteiger charge is 2.18. The SMILES string of the molecule is Clc1cccc2c(C3CCCNC3)c[nH]c12. The summed E-state index contributed by atoms with van der Waals surface area (Å²) in [7, 11) is 0. The average Bonchev–Trinajstić information content (AvgIpc) is 2.75. The van der Waals surface area contributed by atoms with Crippen molar-refractivity contribution < 1.29 is 0 Å². The lowest BCUT2D eigenvalue weighted by Crippen LogP contribution is -2.28. The summed E-state index contributed by atoms with van der Waals surface area (Å²) in [6.45, 7) is 2.24. The maximum absolute atomic E-state index is 6.16. The summed E-state index contributed by atoms with van der Waals surface area (Å²) in [4.78, 5) is 3.29. The fraction of sp³-hybridized carbons (Fsp3) is 0.385. The Balaban J connectivity index is 2.06. The highest BCUT2D eigenvalue weighted by molar-refractivity contribution is 6.35. The first kappa shape index (κ1) is 10.2. The van der Waals surface area contributed by atoms with Crippen LogP contribution in [0.15, 0.2) is 24.4 Å². The van der Waals surface area contributed by atoms with Crippen LogP contribution in [0.4, 0.5) is 0 Å². The summed E-state index contributed by atoms with van der Waals surface area (Å²) < 4.78 is 0. The lowest BCUT2D eigenvalue weighted by molar-refractivity contribution is 0.463. The van der Waals surface area contributed by atoms with E-state index in [1.165, 1.54) is 23.8 Å². The maximum Gasteiger partial charge on any atom is 0.0647 e. The number of halogens is 1. The van der Waals surface area contributed by atoms with E-state index < -0.39 is 0 Å². The van der Waals surface area contributed by atoms with Gasteiger partial charge in [-0.25, -0.2) is 0 Å². The molecule has 2 aromatic rings. The van der Waals surface area contributed by atoms with E-state index in [-0.39, 0.29) is 0 Å². The topological polar surface area (TPSA) is 27.8 Å². The number of hydrogen-bond acceptors (Lipinski definition) is 1. The number of aromatic nitrogens is 1. The summed E-state index contributed by atoms with van der Waals surface area (Å²) >= 11 is 6.16. The molecule has 1 aromatic heterocycles. The molecule has 0 radical (unpaired) electrons. The van der Waals surface area contributed by atoms with Crippen LogP contribution in [0, 0.1) is 0 Å². The molecule has 3 rings (SSSR count). The number of aromatic amines is 1. The van der Waals surface area contributed by atoms with Crippen LogP contribution in [0.3, 0.4) is 0 Å². The Bertz CT molecular complexity index is 498. The minimum absolute atomic E-state index is 0.626. The third-order valence-corrected chi connectivity index (χ3v) is 3.75. The third-order valence-electron chi connectivity index (χ3n) is 3.43. The Morgan fingerprint density at radius 1 is 1.31 bits per heavy atom. The minimum atomic E-state index is 0.626. The van der Waals surface area contributed by atoms with Gasteiger partial charge in [0.2, 0.25) is 0 Å². The number of piperidine rings is 1. The van der Waals surface area contributed by atoms with Gasteiger partial charge in [-0.05, 0) is 36.9 Å². The number of para-hydroxylation sites is 1. The van der Waals surface area contributed by atoms with Gasteiger partial charge in [0.25, 0.3) is 0 Å². The molecular formula is C13H15ClN2. The number of rotatable bonds is 1. The van der Waals surface area contributed by atoms with Crippen LogP contribution in [-0.4, -0.2) is 18.1 Å². The van der Waals surface area contributed by atoms with E-state index in [2.05, 4.69) is 22.6 Å². The van der Waals surface area contributed by atoms with E-state index in [0.29, 0.717) is 5.92 Å². The number of fused-ring (bicyclic) bond motifs is 1. The van der Waals surface area contributed by atoms with Gasteiger partial charge in [0.05, 0.1) is 10.5 Å². The van der Waals surface area contributed by atoms with E-state index in [1.54, 1.807) is 0 Å². The van der Waals surface area contributed by atoms with E-state index in [9.17, 15) is 0 Å². The Hall–Kier alpha value is -0.990. The largest absolute Gasteiger partial charge is 0.360 e. The van der Waals surface area contributed by atoms with Gasteiger partial charge in [-0.1, -0.05) is 23.7 Å². The lowest BCUT2D eigenvalue weighted by atomic mass is 9.91. The molecule has 0 bridgehead atoms. The van der Waals surface area contributed by atoms with Crippen molar-refractivity contribution in [2.45, 2.75) is 18.8 Å². The fourth-order valence-electron chi connectivity index (χ4n) is 2.59. The molecule has 1 aliphatic heterocycles. The highest BCUT2D eigenvalue weighted by Crippen LogP contribution is 2.32. The van der Waals surface area contributed by atoms with E-state index in [0.717, 1.165) is 23.6 Å². The summed E-state index contributed by atoms with van der Waals surface area (Å²) in [5, 5.41) is 5.55. The van der Waals surface area contributed by atoms with Gasteiger partial charge in [-0.15, -0.1) is 0 Å². The summed E-state index contributed by atoms with van der Waals surface area (Å²) in [5.74, 6) is 0.626. The number of nitrogens with one attached hydrogen (secondary N) is 2. The van der Waals surface area contributed by atoms with Crippen molar-refractivity contribution >= 4 is 22.5 Å². The van der Waals surface area contributed by atoms with Gasteiger partial charge in [-0.2, -0.15) is 0 Å². The van der Waals surface area contributed by atoms with Gasteiger partial charge in [0.1, 0.15) is 0 Å². The zero-order valence-electron chi connectivity index (χ0n) is 9.09. The first-order valence-electron chi connectivity index (χ1n) is 5.82. The van der Waals surface area contributed by atoms with Crippen molar-refractivity contribution in [3.63, 3.8) is 0 Å². The Morgan fingerprint density at radius 3 is 3.06 bits per heavy atom. The quantitative estimate of drug-likeness (QED) is 0.779. The predicted molar refractivity (Wildman–Crippen MR) is 68.2 cm³/mol. The van der Waals surface area contributed by atoms with Crippen molar-refractivity contribution in [3.05, 3.63) is 35.0 Å². The molecule has 1 atom stereocenters.